The van der Waals surface area contributed by atoms with E-state index in [9.17, 15) is 18.0 Å². The van der Waals surface area contributed by atoms with Crippen LogP contribution in [0.15, 0.2) is 46.9 Å². The minimum Gasteiger partial charge on any atom is -0.352 e. The lowest BCUT2D eigenvalue weighted by Crippen LogP contribution is -2.52. The topological polar surface area (TPSA) is 86.8 Å². The Morgan fingerprint density at radius 2 is 1.68 bits per heavy atom. The molecule has 0 saturated carbocycles. The number of sulfonamides is 1. The van der Waals surface area contributed by atoms with Gasteiger partial charge in [-0.1, -0.05) is 47.1 Å². The van der Waals surface area contributed by atoms with Crippen molar-refractivity contribution in [3.63, 3.8) is 0 Å². The van der Waals surface area contributed by atoms with Gasteiger partial charge >= 0.3 is 0 Å². The van der Waals surface area contributed by atoms with Crippen molar-refractivity contribution in [2.45, 2.75) is 59.7 Å². The van der Waals surface area contributed by atoms with Crippen LogP contribution in [0.2, 0.25) is 0 Å². The quantitative estimate of drug-likeness (QED) is 0.480. The van der Waals surface area contributed by atoms with Gasteiger partial charge in [0.05, 0.1) is 11.9 Å². The summed E-state index contributed by atoms with van der Waals surface area (Å²) in [5, 5.41) is 2.92. The van der Waals surface area contributed by atoms with E-state index in [1.54, 1.807) is 19.1 Å². The van der Waals surface area contributed by atoms with E-state index in [4.69, 9.17) is 0 Å². The van der Waals surface area contributed by atoms with Crippen LogP contribution in [-0.4, -0.2) is 50.0 Å². The van der Waals surface area contributed by atoms with Gasteiger partial charge in [0.15, 0.2) is 0 Å². The molecule has 0 bridgehead atoms. The Balaban J connectivity index is 2.42. The number of aryl methyl sites for hydroxylation is 1. The highest BCUT2D eigenvalue weighted by Crippen LogP contribution is 2.25. The Hall–Kier alpha value is -2.39. The molecule has 0 aliphatic rings. The van der Waals surface area contributed by atoms with Gasteiger partial charge in [0.25, 0.3) is 0 Å². The summed E-state index contributed by atoms with van der Waals surface area (Å²) >= 11 is 3.40. The Labute approximate surface area is 211 Å². The molecule has 2 aromatic rings. The molecule has 7 nitrogen and oxygen atoms in total. The van der Waals surface area contributed by atoms with Gasteiger partial charge in [0, 0.05) is 17.1 Å². The van der Waals surface area contributed by atoms with Crippen LogP contribution < -0.4 is 9.62 Å². The Morgan fingerprint density at radius 3 is 2.24 bits per heavy atom. The minimum atomic E-state index is -3.75. The van der Waals surface area contributed by atoms with Gasteiger partial charge in [-0.05, 0) is 69.0 Å². The van der Waals surface area contributed by atoms with Crippen molar-refractivity contribution >= 4 is 43.5 Å². The lowest BCUT2D eigenvalue weighted by Gasteiger charge is -2.32. The number of rotatable bonds is 10. The molecule has 9 heteroatoms. The lowest BCUT2D eigenvalue weighted by molar-refractivity contribution is -0.139. The van der Waals surface area contributed by atoms with Gasteiger partial charge in [-0.25, -0.2) is 8.42 Å². The second kappa shape index (κ2) is 11.8. The minimum absolute atomic E-state index is 0.0398. The number of carbonyl (C=O) groups is 2. The summed E-state index contributed by atoms with van der Waals surface area (Å²) in [7, 11) is -3.75. The molecule has 0 aromatic heterocycles. The van der Waals surface area contributed by atoms with Crippen LogP contribution in [0.25, 0.3) is 0 Å². The van der Waals surface area contributed by atoms with Crippen molar-refractivity contribution in [3.8, 4) is 0 Å². The van der Waals surface area contributed by atoms with Crippen LogP contribution >= 0.6 is 15.9 Å². The number of anilines is 1. The largest absolute Gasteiger partial charge is 0.352 e. The van der Waals surface area contributed by atoms with Crippen molar-refractivity contribution in [2.75, 3.05) is 17.1 Å². The molecule has 0 saturated heterocycles. The van der Waals surface area contributed by atoms with E-state index in [2.05, 4.69) is 21.2 Å². The fourth-order valence-corrected chi connectivity index (χ4v) is 4.60. The highest BCUT2D eigenvalue weighted by atomic mass is 79.9. The predicted molar refractivity (Wildman–Crippen MR) is 140 cm³/mol. The molecule has 2 rings (SSSR count). The summed E-state index contributed by atoms with van der Waals surface area (Å²) in [4.78, 5) is 27.9. The second-order valence-corrected chi connectivity index (χ2v) is 11.5. The van der Waals surface area contributed by atoms with Crippen LogP contribution in [0.1, 0.15) is 43.9 Å². The van der Waals surface area contributed by atoms with Gasteiger partial charge in [0.1, 0.15) is 12.6 Å². The van der Waals surface area contributed by atoms with Gasteiger partial charge in [-0.2, -0.15) is 0 Å². The zero-order valence-corrected chi connectivity index (χ0v) is 23.0. The number of hydrogen-bond donors (Lipinski definition) is 1. The molecular weight excluding hydrogens is 518 g/mol. The summed E-state index contributed by atoms with van der Waals surface area (Å²) in [6, 6.07) is 12.0. The first-order valence-corrected chi connectivity index (χ1v) is 13.9. The van der Waals surface area contributed by atoms with E-state index in [1.807, 2.05) is 58.0 Å². The Kier molecular flexibility index (Phi) is 9.70. The number of amides is 2. The zero-order valence-electron chi connectivity index (χ0n) is 20.6. The molecule has 0 spiro atoms. The van der Waals surface area contributed by atoms with Crippen molar-refractivity contribution in [1.82, 2.24) is 10.2 Å². The van der Waals surface area contributed by atoms with Crippen LogP contribution in [-0.2, 0) is 26.2 Å². The molecular formula is C25H34BrN3O4S. The normalized spacial score (nSPS) is 13.1. The third-order valence-corrected chi connectivity index (χ3v) is 7.61. The number of halogens is 1. The van der Waals surface area contributed by atoms with Crippen molar-refractivity contribution in [2.24, 2.45) is 0 Å². The van der Waals surface area contributed by atoms with Gasteiger partial charge in [0.2, 0.25) is 21.8 Å². The average molecular weight is 553 g/mol. The summed E-state index contributed by atoms with van der Waals surface area (Å²) in [5.74, 6) is -0.737. The molecule has 2 unspecified atom stereocenters. The molecule has 1 N–H and O–H groups in total. The Bertz CT molecular complexity index is 1120. The third-order valence-electron chi connectivity index (χ3n) is 5.96. The van der Waals surface area contributed by atoms with Gasteiger partial charge in [-0.15, -0.1) is 0 Å². The van der Waals surface area contributed by atoms with Gasteiger partial charge in [-0.3, -0.25) is 13.9 Å². The monoisotopic (exact) mass is 551 g/mol. The molecule has 0 heterocycles. The number of nitrogens with one attached hydrogen (secondary N) is 1. The highest BCUT2D eigenvalue weighted by Gasteiger charge is 2.31. The molecule has 0 fully saturated rings. The number of hydrogen-bond acceptors (Lipinski definition) is 4. The van der Waals surface area contributed by atoms with Crippen molar-refractivity contribution in [3.05, 3.63) is 63.6 Å². The molecule has 0 aliphatic heterocycles. The number of benzene rings is 2. The van der Waals surface area contributed by atoms with E-state index in [1.165, 1.54) is 4.90 Å². The number of nitrogens with zero attached hydrogens (tertiary/aromatic N) is 2. The SMILES string of the molecule is CCC(C)NC(=O)C(C)N(Cc1ccc(Br)cc1)C(=O)CN(c1cccc(C)c1C)S(C)(=O)=O. The summed E-state index contributed by atoms with van der Waals surface area (Å²) < 4.78 is 27.4. The maximum Gasteiger partial charge on any atom is 0.244 e. The lowest BCUT2D eigenvalue weighted by atomic mass is 10.1. The first-order valence-electron chi connectivity index (χ1n) is 11.2. The van der Waals surface area contributed by atoms with Crippen LogP contribution in [0.3, 0.4) is 0 Å². The van der Waals surface area contributed by atoms with E-state index in [-0.39, 0.29) is 18.5 Å². The van der Waals surface area contributed by atoms with E-state index in [0.29, 0.717) is 5.69 Å². The van der Waals surface area contributed by atoms with Crippen molar-refractivity contribution < 1.29 is 18.0 Å². The van der Waals surface area contributed by atoms with Crippen molar-refractivity contribution in [1.29, 1.82) is 0 Å². The maximum absolute atomic E-state index is 13.6. The summed E-state index contributed by atoms with van der Waals surface area (Å²) in [5.41, 5.74) is 2.99. The molecule has 34 heavy (non-hydrogen) atoms. The van der Waals surface area contributed by atoms with Crippen LogP contribution in [0, 0.1) is 13.8 Å². The van der Waals surface area contributed by atoms with Crippen LogP contribution in [0.5, 0.6) is 0 Å². The molecule has 2 atom stereocenters. The third kappa shape index (κ3) is 7.30. The molecule has 0 aliphatic carbocycles. The highest BCUT2D eigenvalue weighted by molar-refractivity contribution is 9.10. The molecule has 2 aromatic carbocycles. The second-order valence-electron chi connectivity index (χ2n) is 8.63. The predicted octanol–water partition coefficient (Wildman–Crippen LogP) is 4.16. The fourth-order valence-electron chi connectivity index (χ4n) is 3.44. The van der Waals surface area contributed by atoms with Crippen LogP contribution in [0.4, 0.5) is 5.69 Å². The summed E-state index contributed by atoms with van der Waals surface area (Å²) in [6.07, 6.45) is 1.84. The van der Waals surface area contributed by atoms with E-state index in [0.717, 1.165) is 38.1 Å². The molecule has 2 amide bonds. The molecule has 0 radical (unpaired) electrons. The fraction of sp³-hybridized carbons (Fsp3) is 0.440. The zero-order chi connectivity index (χ0) is 25.6. The standard InChI is InChI=1S/C25H34BrN3O4S/c1-7-18(3)27-25(31)20(5)28(15-21-11-13-22(26)14-12-21)24(30)16-29(34(6,32)33)23-10-8-9-17(2)19(23)4/h8-14,18,20H,7,15-16H2,1-6H3,(H,27,31). The van der Waals surface area contributed by atoms with E-state index >= 15 is 0 Å². The number of carbonyl (C=O) groups excluding carboxylic acids is 2. The first-order chi connectivity index (χ1) is 15.8. The maximum atomic E-state index is 13.6. The average Bonchev–Trinajstić information content (AvgIpc) is 2.77. The van der Waals surface area contributed by atoms with Gasteiger partial charge < -0.3 is 10.2 Å². The first kappa shape index (κ1) is 27.9. The van der Waals surface area contributed by atoms with E-state index < -0.39 is 28.5 Å². The molecule has 186 valence electrons. The smallest absolute Gasteiger partial charge is 0.244 e. The Morgan fingerprint density at radius 1 is 1.06 bits per heavy atom. The summed E-state index contributed by atoms with van der Waals surface area (Å²) in [6.45, 7) is 9.02.